The van der Waals surface area contributed by atoms with Crippen LogP contribution in [0.25, 0.3) is 0 Å². The van der Waals surface area contributed by atoms with Crippen LogP contribution in [0.1, 0.15) is 36.7 Å². The first-order valence-corrected chi connectivity index (χ1v) is 6.52. The van der Waals surface area contributed by atoms with Crippen LogP contribution in [-0.4, -0.2) is 29.1 Å². The fraction of sp³-hybridized carbons (Fsp3) is 0.538. The fourth-order valence-corrected chi connectivity index (χ4v) is 1.83. The van der Waals surface area contributed by atoms with Gasteiger partial charge in [-0.2, -0.15) is 0 Å². The lowest BCUT2D eigenvalue weighted by Gasteiger charge is -2.08. The molecule has 2 rings (SSSR count). The first kappa shape index (κ1) is 13.5. The molecule has 1 fully saturated rings. The molecule has 1 aliphatic rings. The predicted molar refractivity (Wildman–Crippen MR) is 70.6 cm³/mol. The van der Waals surface area contributed by atoms with Gasteiger partial charge in [0.2, 0.25) is 0 Å². The van der Waals surface area contributed by atoms with Gasteiger partial charge in [-0.1, -0.05) is 6.92 Å². The molecule has 0 aromatic carbocycles. The second-order valence-corrected chi connectivity index (χ2v) is 4.77. The van der Waals surface area contributed by atoms with Crippen molar-refractivity contribution in [1.29, 1.82) is 0 Å². The summed E-state index contributed by atoms with van der Waals surface area (Å²) < 4.78 is 6.74. The molecular formula is C13H19N3O3. The van der Waals surface area contributed by atoms with Gasteiger partial charge in [-0.15, -0.1) is 0 Å². The van der Waals surface area contributed by atoms with Crippen LogP contribution in [0.2, 0.25) is 0 Å². The zero-order chi connectivity index (χ0) is 13.8. The van der Waals surface area contributed by atoms with Gasteiger partial charge in [0.25, 0.3) is 5.91 Å². The van der Waals surface area contributed by atoms with Crippen LogP contribution in [0.15, 0.2) is 12.3 Å². The Kier molecular flexibility index (Phi) is 4.09. The molecule has 1 saturated carbocycles. The Morgan fingerprint density at radius 3 is 2.89 bits per heavy atom. The summed E-state index contributed by atoms with van der Waals surface area (Å²) in [5.41, 5.74) is 6.57. The molecule has 3 N–H and O–H groups in total. The number of ether oxygens (including phenoxy) is 1. The van der Waals surface area contributed by atoms with Gasteiger partial charge in [0.05, 0.1) is 5.69 Å². The highest BCUT2D eigenvalue weighted by Gasteiger charge is 2.24. The summed E-state index contributed by atoms with van der Waals surface area (Å²) in [6, 6.07) is 1.84. The summed E-state index contributed by atoms with van der Waals surface area (Å²) in [6.07, 6.45) is 4.60. The highest BCUT2D eigenvalue weighted by atomic mass is 16.5. The number of nitrogen functional groups attached to an aromatic ring is 1. The van der Waals surface area contributed by atoms with Gasteiger partial charge in [0.15, 0.2) is 6.61 Å². The summed E-state index contributed by atoms with van der Waals surface area (Å²) in [5, 5.41) is 2.76. The third-order valence-corrected chi connectivity index (χ3v) is 2.87. The normalized spacial score (nSPS) is 14.2. The van der Waals surface area contributed by atoms with Crippen LogP contribution in [-0.2, 0) is 16.1 Å². The number of hydrogen-bond donors (Lipinski definition) is 2. The molecule has 1 heterocycles. The number of aryl methyl sites for hydroxylation is 1. The topological polar surface area (TPSA) is 86.3 Å². The summed E-state index contributed by atoms with van der Waals surface area (Å²) >= 11 is 0. The highest BCUT2D eigenvalue weighted by molar-refractivity contribution is 5.91. The summed E-state index contributed by atoms with van der Waals surface area (Å²) in [5.74, 6) is -0.770. The molecule has 1 amide bonds. The van der Waals surface area contributed by atoms with Crippen molar-refractivity contribution in [2.24, 2.45) is 0 Å². The average Bonchev–Trinajstić information content (AvgIpc) is 3.09. The Bertz CT molecular complexity index is 477. The van der Waals surface area contributed by atoms with Gasteiger partial charge < -0.3 is 20.4 Å². The van der Waals surface area contributed by atoms with Crippen molar-refractivity contribution in [3.63, 3.8) is 0 Å². The van der Waals surface area contributed by atoms with E-state index in [1.165, 1.54) is 0 Å². The number of rotatable bonds is 6. The molecule has 0 unspecified atom stereocenters. The smallest absolute Gasteiger partial charge is 0.355 e. The van der Waals surface area contributed by atoms with E-state index in [9.17, 15) is 9.59 Å². The minimum absolute atomic E-state index is 0.244. The largest absolute Gasteiger partial charge is 0.451 e. The van der Waals surface area contributed by atoms with Gasteiger partial charge in [-0.25, -0.2) is 4.79 Å². The molecule has 0 saturated heterocycles. The third kappa shape index (κ3) is 3.74. The number of carbonyl (C=O) groups is 2. The number of esters is 1. The molecule has 6 nitrogen and oxygen atoms in total. The van der Waals surface area contributed by atoms with Crippen molar-refractivity contribution in [3.8, 4) is 0 Å². The zero-order valence-corrected chi connectivity index (χ0v) is 11.0. The van der Waals surface area contributed by atoms with Crippen LogP contribution in [0, 0.1) is 0 Å². The van der Waals surface area contributed by atoms with E-state index in [-0.39, 0.29) is 18.6 Å². The van der Waals surface area contributed by atoms with Crippen molar-refractivity contribution in [1.82, 2.24) is 9.88 Å². The maximum absolute atomic E-state index is 11.9. The lowest BCUT2D eigenvalue weighted by molar-refractivity contribution is -0.124. The van der Waals surface area contributed by atoms with Gasteiger partial charge in [0, 0.05) is 18.8 Å². The predicted octanol–water partition coefficient (Wildman–Crippen LogP) is 0.916. The van der Waals surface area contributed by atoms with Crippen molar-refractivity contribution in [3.05, 3.63) is 18.0 Å². The molecule has 0 aliphatic heterocycles. The quantitative estimate of drug-likeness (QED) is 0.749. The molecule has 1 aromatic heterocycles. The molecule has 19 heavy (non-hydrogen) atoms. The zero-order valence-electron chi connectivity index (χ0n) is 11.0. The van der Waals surface area contributed by atoms with E-state index in [0.29, 0.717) is 17.9 Å². The monoisotopic (exact) mass is 265 g/mol. The lowest BCUT2D eigenvalue weighted by Crippen LogP contribution is -2.30. The summed E-state index contributed by atoms with van der Waals surface area (Å²) in [7, 11) is 0. The van der Waals surface area contributed by atoms with E-state index in [1.807, 2.05) is 6.92 Å². The SMILES string of the molecule is CCCn1cc(N)cc1C(=O)OCC(=O)NC1CC1. The van der Waals surface area contributed by atoms with Gasteiger partial charge in [-0.3, -0.25) is 4.79 Å². The van der Waals surface area contributed by atoms with Crippen molar-refractivity contribution >= 4 is 17.6 Å². The lowest BCUT2D eigenvalue weighted by atomic mass is 10.4. The maximum atomic E-state index is 11.9. The Labute approximate surface area is 111 Å². The third-order valence-electron chi connectivity index (χ3n) is 2.87. The summed E-state index contributed by atoms with van der Waals surface area (Å²) in [4.78, 5) is 23.3. The number of carbonyl (C=O) groups excluding carboxylic acids is 2. The van der Waals surface area contributed by atoms with Crippen molar-refractivity contribution in [2.45, 2.75) is 38.8 Å². The fourth-order valence-electron chi connectivity index (χ4n) is 1.83. The second kappa shape index (κ2) is 5.77. The van der Waals surface area contributed by atoms with Gasteiger partial charge >= 0.3 is 5.97 Å². The molecular weight excluding hydrogens is 246 g/mol. The molecule has 6 heteroatoms. The van der Waals surface area contributed by atoms with Crippen molar-refractivity contribution in [2.75, 3.05) is 12.3 Å². The van der Waals surface area contributed by atoms with E-state index in [2.05, 4.69) is 5.32 Å². The van der Waals surface area contributed by atoms with E-state index >= 15 is 0 Å². The maximum Gasteiger partial charge on any atom is 0.355 e. The van der Waals surface area contributed by atoms with E-state index in [0.717, 1.165) is 19.3 Å². The first-order valence-electron chi connectivity index (χ1n) is 6.52. The molecule has 1 aliphatic carbocycles. The Morgan fingerprint density at radius 1 is 1.53 bits per heavy atom. The van der Waals surface area contributed by atoms with Gasteiger partial charge in [0.1, 0.15) is 5.69 Å². The van der Waals surface area contributed by atoms with E-state index < -0.39 is 5.97 Å². The molecule has 0 radical (unpaired) electrons. The van der Waals surface area contributed by atoms with E-state index in [4.69, 9.17) is 10.5 Å². The number of hydrogen-bond acceptors (Lipinski definition) is 4. The number of anilines is 1. The van der Waals surface area contributed by atoms with Crippen LogP contribution < -0.4 is 11.1 Å². The molecule has 0 spiro atoms. The Balaban J connectivity index is 1.89. The Hall–Kier alpha value is -1.98. The molecule has 0 bridgehead atoms. The minimum Gasteiger partial charge on any atom is -0.451 e. The minimum atomic E-state index is -0.518. The Morgan fingerprint density at radius 2 is 2.26 bits per heavy atom. The highest BCUT2D eigenvalue weighted by Crippen LogP contribution is 2.18. The number of amides is 1. The van der Waals surface area contributed by atoms with Crippen LogP contribution in [0.3, 0.4) is 0 Å². The molecule has 1 aromatic rings. The average molecular weight is 265 g/mol. The van der Waals surface area contributed by atoms with Crippen molar-refractivity contribution < 1.29 is 14.3 Å². The van der Waals surface area contributed by atoms with Gasteiger partial charge in [-0.05, 0) is 25.3 Å². The number of nitrogens with one attached hydrogen (secondary N) is 1. The van der Waals surface area contributed by atoms with Crippen LogP contribution in [0.4, 0.5) is 5.69 Å². The van der Waals surface area contributed by atoms with Crippen LogP contribution >= 0.6 is 0 Å². The first-order chi connectivity index (χ1) is 9.10. The number of nitrogens with two attached hydrogens (primary N) is 1. The standard InChI is InChI=1S/C13H19N3O3/c1-2-5-16-7-9(14)6-11(16)13(18)19-8-12(17)15-10-3-4-10/h6-7,10H,2-5,8,14H2,1H3,(H,15,17). The number of nitrogens with zero attached hydrogens (tertiary/aromatic N) is 1. The van der Waals surface area contributed by atoms with Crippen LogP contribution in [0.5, 0.6) is 0 Å². The van der Waals surface area contributed by atoms with E-state index in [1.54, 1.807) is 16.8 Å². The summed E-state index contributed by atoms with van der Waals surface area (Å²) in [6.45, 7) is 2.46. The molecule has 104 valence electrons. The second-order valence-electron chi connectivity index (χ2n) is 4.77. The number of aromatic nitrogens is 1. The molecule has 0 atom stereocenters.